The molecule has 0 radical (unpaired) electrons. The number of hydrogen-bond acceptors (Lipinski definition) is 3. The number of imidazole rings is 1. The van der Waals surface area contributed by atoms with Crippen LogP contribution in [-0.4, -0.2) is 15.7 Å². The molecule has 0 fully saturated rings. The van der Waals surface area contributed by atoms with Crippen molar-refractivity contribution in [2.75, 3.05) is 0 Å². The highest BCUT2D eigenvalue weighted by Crippen LogP contribution is 2.21. The van der Waals surface area contributed by atoms with Crippen molar-refractivity contribution in [3.8, 4) is 0 Å². The molecule has 72 valence electrons. The van der Waals surface area contributed by atoms with Crippen molar-refractivity contribution in [1.82, 2.24) is 9.71 Å². The van der Waals surface area contributed by atoms with Crippen LogP contribution in [0, 0.1) is 0 Å². The van der Waals surface area contributed by atoms with E-state index >= 15 is 0 Å². The van der Waals surface area contributed by atoms with E-state index in [0.717, 1.165) is 0 Å². The predicted octanol–water partition coefficient (Wildman–Crippen LogP) is 1.66. The number of benzene rings is 1. The second kappa shape index (κ2) is 3.31. The molecule has 1 aromatic heterocycles. The lowest BCUT2D eigenvalue weighted by Crippen LogP contribution is -2.15. The summed E-state index contributed by atoms with van der Waals surface area (Å²) in [5.41, 5.74) is 1.29. The van der Waals surface area contributed by atoms with Gasteiger partial charge in [0.1, 0.15) is 11.8 Å². The molecule has 5 heteroatoms. The topological polar surface area (TPSA) is 44.1 Å². The molecule has 0 saturated heterocycles. The summed E-state index contributed by atoms with van der Waals surface area (Å²) in [6.45, 7) is 1.32. The monoisotopic (exact) mass is 210 g/mol. The van der Waals surface area contributed by atoms with Gasteiger partial charge in [-0.1, -0.05) is 17.7 Å². The van der Waals surface area contributed by atoms with Gasteiger partial charge in [-0.15, -0.1) is 0 Å². The van der Waals surface area contributed by atoms with E-state index in [9.17, 15) is 4.79 Å². The van der Waals surface area contributed by atoms with Gasteiger partial charge in [0.2, 0.25) is 0 Å². The molecule has 0 aliphatic rings. The van der Waals surface area contributed by atoms with Crippen molar-refractivity contribution in [3.05, 3.63) is 29.5 Å². The fourth-order valence-corrected chi connectivity index (χ4v) is 1.46. The number of fused-ring (bicyclic) bond motifs is 1. The first-order chi connectivity index (χ1) is 6.68. The zero-order chi connectivity index (χ0) is 10.1. The summed E-state index contributed by atoms with van der Waals surface area (Å²) in [6, 6.07) is 5.29. The largest absolute Gasteiger partial charge is 0.335 e. The standard InChI is InChI=1S/C9H7ClN2O2/c1-6(13)14-12-5-11-8-4-2-3-7(10)9(8)12/h2-5H,1H3. The molecule has 2 aromatic rings. The number of rotatable bonds is 1. The minimum atomic E-state index is -0.413. The molecule has 0 aliphatic heterocycles. The third-order valence-electron chi connectivity index (χ3n) is 1.71. The maximum Gasteiger partial charge on any atom is 0.329 e. The van der Waals surface area contributed by atoms with Crippen LogP contribution in [-0.2, 0) is 4.79 Å². The summed E-state index contributed by atoms with van der Waals surface area (Å²) >= 11 is 5.93. The molecule has 14 heavy (non-hydrogen) atoms. The number of aromatic nitrogens is 2. The molecule has 0 spiro atoms. The highest BCUT2D eigenvalue weighted by atomic mass is 35.5. The molecule has 0 amide bonds. The van der Waals surface area contributed by atoms with Crippen molar-refractivity contribution in [2.24, 2.45) is 0 Å². The zero-order valence-corrected chi connectivity index (χ0v) is 8.15. The molecular formula is C9H7ClN2O2. The Morgan fingerprint density at radius 1 is 1.57 bits per heavy atom. The van der Waals surface area contributed by atoms with Gasteiger partial charge in [0.05, 0.1) is 10.5 Å². The van der Waals surface area contributed by atoms with Crippen LogP contribution >= 0.6 is 11.6 Å². The maximum atomic E-state index is 10.8. The third-order valence-corrected chi connectivity index (χ3v) is 2.02. The van der Waals surface area contributed by atoms with Gasteiger partial charge >= 0.3 is 5.97 Å². The minimum Gasteiger partial charge on any atom is -0.335 e. The molecule has 0 N–H and O–H groups in total. The summed E-state index contributed by atoms with van der Waals surface area (Å²) in [4.78, 5) is 19.7. The fourth-order valence-electron chi connectivity index (χ4n) is 1.21. The molecule has 4 nitrogen and oxygen atoms in total. The number of hydrogen-bond donors (Lipinski definition) is 0. The van der Waals surface area contributed by atoms with Crippen LogP contribution < -0.4 is 4.84 Å². The second-order valence-corrected chi connectivity index (χ2v) is 3.17. The van der Waals surface area contributed by atoms with Crippen LogP contribution in [0.2, 0.25) is 5.02 Å². The Morgan fingerprint density at radius 2 is 2.36 bits per heavy atom. The lowest BCUT2D eigenvalue weighted by atomic mass is 10.3. The van der Waals surface area contributed by atoms with Crippen molar-refractivity contribution in [3.63, 3.8) is 0 Å². The first kappa shape index (κ1) is 9.02. The number of halogens is 1. The van der Waals surface area contributed by atoms with Crippen molar-refractivity contribution >= 4 is 28.6 Å². The summed E-state index contributed by atoms with van der Waals surface area (Å²) < 4.78 is 1.26. The minimum absolute atomic E-state index is 0.413. The van der Waals surface area contributed by atoms with Gasteiger partial charge in [0, 0.05) is 6.92 Å². The highest BCUT2D eigenvalue weighted by molar-refractivity contribution is 6.34. The molecule has 0 atom stereocenters. The quantitative estimate of drug-likeness (QED) is 0.719. The molecule has 1 heterocycles. The van der Waals surface area contributed by atoms with Crippen LogP contribution in [0.4, 0.5) is 0 Å². The highest BCUT2D eigenvalue weighted by Gasteiger charge is 2.08. The fraction of sp³-hybridized carbons (Fsp3) is 0.111. The van der Waals surface area contributed by atoms with Crippen LogP contribution in [0.5, 0.6) is 0 Å². The first-order valence-corrected chi connectivity index (χ1v) is 4.37. The average Bonchev–Trinajstić information content (AvgIpc) is 2.49. The lowest BCUT2D eigenvalue weighted by Gasteiger charge is -2.02. The average molecular weight is 211 g/mol. The van der Waals surface area contributed by atoms with E-state index in [0.29, 0.717) is 16.1 Å². The summed E-state index contributed by atoms with van der Waals surface area (Å²) in [7, 11) is 0. The van der Waals surface area contributed by atoms with E-state index in [1.165, 1.54) is 18.0 Å². The molecular weight excluding hydrogens is 204 g/mol. The maximum absolute atomic E-state index is 10.8. The van der Waals surface area contributed by atoms with Gasteiger partial charge in [0.25, 0.3) is 0 Å². The molecule has 1 aromatic carbocycles. The van der Waals surface area contributed by atoms with Crippen LogP contribution in [0.25, 0.3) is 11.0 Å². The van der Waals surface area contributed by atoms with Crippen molar-refractivity contribution in [2.45, 2.75) is 6.92 Å². The summed E-state index contributed by atoms with van der Waals surface area (Å²) in [5, 5.41) is 0.501. The number of para-hydroxylation sites is 1. The first-order valence-electron chi connectivity index (χ1n) is 3.99. The number of nitrogens with zero attached hydrogens (tertiary/aromatic N) is 2. The van der Waals surface area contributed by atoms with Crippen LogP contribution in [0.1, 0.15) is 6.92 Å². The van der Waals surface area contributed by atoms with E-state index < -0.39 is 5.97 Å². The Hall–Kier alpha value is -1.55. The van der Waals surface area contributed by atoms with Gasteiger partial charge in [-0.3, -0.25) is 0 Å². The molecule has 0 unspecified atom stereocenters. The smallest absolute Gasteiger partial charge is 0.329 e. The number of carbonyl (C=O) groups excluding carboxylic acids is 1. The molecule has 2 rings (SSSR count). The predicted molar refractivity (Wildman–Crippen MR) is 52.0 cm³/mol. The summed E-state index contributed by atoms with van der Waals surface area (Å²) in [5.74, 6) is -0.413. The van der Waals surface area contributed by atoms with Gasteiger partial charge in [-0.25, -0.2) is 9.78 Å². The molecule has 0 bridgehead atoms. The van der Waals surface area contributed by atoms with Gasteiger partial charge in [-0.2, -0.15) is 4.73 Å². The van der Waals surface area contributed by atoms with Crippen molar-refractivity contribution in [1.29, 1.82) is 0 Å². The lowest BCUT2D eigenvalue weighted by molar-refractivity contribution is -0.141. The molecule has 0 aliphatic carbocycles. The van der Waals surface area contributed by atoms with Crippen LogP contribution in [0.3, 0.4) is 0 Å². The van der Waals surface area contributed by atoms with E-state index in [4.69, 9.17) is 16.4 Å². The van der Waals surface area contributed by atoms with Gasteiger partial charge in [-0.05, 0) is 12.1 Å². The Morgan fingerprint density at radius 3 is 3.07 bits per heavy atom. The second-order valence-electron chi connectivity index (χ2n) is 2.76. The number of carbonyl (C=O) groups is 1. The van der Waals surface area contributed by atoms with E-state index in [-0.39, 0.29) is 0 Å². The van der Waals surface area contributed by atoms with Gasteiger partial charge in [0.15, 0.2) is 0 Å². The molecule has 0 saturated carbocycles. The van der Waals surface area contributed by atoms with E-state index in [1.54, 1.807) is 18.2 Å². The van der Waals surface area contributed by atoms with Gasteiger partial charge < -0.3 is 4.84 Å². The van der Waals surface area contributed by atoms with E-state index in [1.807, 2.05) is 0 Å². The Kier molecular flexibility index (Phi) is 2.13. The Balaban J connectivity index is 2.61. The summed E-state index contributed by atoms with van der Waals surface area (Å²) in [6.07, 6.45) is 1.41. The Bertz CT molecular complexity index is 493. The van der Waals surface area contributed by atoms with E-state index in [2.05, 4.69) is 4.98 Å². The Labute approximate surface area is 85.0 Å². The SMILES string of the molecule is CC(=O)On1cnc2cccc(Cl)c21. The normalized spacial score (nSPS) is 10.4. The zero-order valence-electron chi connectivity index (χ0n) is 7.40. The van der Waals surface area contributed by atoms with Crippen molar-refractivity contribution < 1.29 is 9.63 Å². The van der Waals surface area contributed by atoms with Crippen LogP contribution in [0.15, 0.2) is 24.5 Å². The third kappa shape index (κ3) is 1.44.